The molecule has 8 nitrogen and oxygen atoms in total. The molecular formula is C22H25N3O5. The highest BCUT2D eigenvalue weighted by molar-refractivity contribution is 5.82. The first kappa shape index (κ1) is 21.2. The monoisotopic (exact) mass is 411 g/mol. The number of carbonyl (C=O) groups is 1. The molecule has 0 saturated heterocycles. The topological polar surface area (TPSA) is 91.6 Å². The Morgan fingerprint density at radius 3 is 2.30 bits per heavy atom. The maximum atomic E-state index is 13.4. The molecule has 0 aliphatic heterocycles. The average molecular weight is 411 g/mol. The molecule has 0 radical (unpaired) electrons. The van der Waals surface area contributed by atoms with Crippen LogP contribution in [0.1, 0.15) is 20.3 Å². The Bertz CT molecular complexity index is 1170. The number of para-hydroxylation sites is 1. The molecular weight excluding hydrogens is 386 g/mol. The van der Waals surface area contributed by atoms with Gasteiger partial charge >= 0.3 is 5.69 Å². The molecule has 0 spiro atoms. The maximum Gasteiger partial charge on any atom is 0.336 e. The van der Waals surface area contributed by atoms with Crippen LogP contribution in [-0.2, 0) is 11.3 Å². The van der Waals surface area contributed by atoms with Crippen LogP contribution in [0.2, 0.25) is 0 Å². The van der Waals surface area contributed by atoms with Crippen molar-refractivity contribution in [1.29, 1.82) is 0 Å². The second kappa shape index (κ2) is 8.86. The number of hydrogen-bond donors (Lipinski definition) is 1. The van der Waals surface area contributed by atoms with Gasteiger partial charge in [0, 0.05) is 24.2 Å². The molecule has 0 bridgehead atoms. The van der Waals surface area contributed by atoms with Gasteiger partial charge in [0.2, 0.25) is 5.91 Å². The van der Waals surface area contributed by atoms with E-state index in [1.807, 2.05) is 13.8 Å². The van der Waals surface area contributed by atoms with Crippen LogP contribution in [0.3, 0.4) is 0 Å². The highest BCUT2D eigenvalue weighted by Crippen LogP contribution is 2.24. The van der Waals surface area contributed by atoms with Gasteiger partial charge in [0.15, 0.2) is 0 Å². The lowest BCUT2D eigenvalue weighted by Crippen LogP contribution is -2.43. The van der Waals surface area contributed by atoms with Crippen molar-refractivity contribution < 1.29 is 14.3 Å². The highest BCUT2D eigenvalue weighted by atomic mass is 16.5. The van der Waals surface area contributed by atoms with Crippen molar-refractivity contribution in [1.82, 2.24) is 14.5 Å². The van der Waals surface area contributed by atoms with E-state index in [2.05, 4.69) is 5.32 Å². The molecule has 30 heavy (non-hydrogen) atoms. The zero-order valence-corrected chi connectivity index (χ0v) is 17.5. The highest BCUT2D eigenvalue weighted by Gasteiger charge is 2.18. The fourth-order valence-electron chi connectivity index (χ4n) is 3.19. The molecule has 2 aromatic carbocycles. The second-order valence-electron chi connectivity index (χ2n) is 6.97. The van der Waals surface area contributed by atoms with Crippen LogP contribution in [0.25, 0.3) is 16.6 Å². The first-order valence-corrected chi connectivity index (χ1v) is 9.67. The zero-order valence-electron chi connectivity index (χ0n) is 17.5. The van der Waals surface area contributed by atoms with Gasteiger partial charge in [-0.15, -0.1) is 0 Å². The van der Waals surface area contributed by atoms with Crippen molar-refractivity contribution >= 4 is 16.8 Å². The largest absolute Gasteiger partial charge is 0.497 e. The third-order valence-corrected chi connectivity index (χ3v) is 4.97. The maximum absolute atomic E-state index is 13.4. The molecule has 3 aromatic rings. The third kappa shape index (κ3) is 4.07. The van der Waals surface area contributed by atoms with Crippen molar-refractivity contribution in [2.24, 2.45) is 0 Å². The number of nitrogens with one attached hydrogen (secondary N) is 1. The van der Waals surface area contributed by atoms with Crippen LogP contribution < -0.4 is 26.0 Å². The van der Waals surface area contributed by atoms with Gasteiger partial charge < -0.3 is 14.8 Å². The molecule has 3 rings (SSSR count). The lowest BCUT2D eigenvalue weighted by atomic mass is 10.2. The summed E-state index contributed by atoms with van der Waals surface area (Å²) in [6.07, 6.45) is 0.768. The lowest BCUT2D eigenvalue weighted by Gasteiger charge is -2.16. The predicted octanol–water partition coefficient (Wildman–Crippen LogP) is 2.08. The van der Waals surface area contributed by atoms with Gasteiger partial charge in [0.05, 0.1) is 30.8 Å². The van der Waals surface area contributed by atoms with Crippen LogP contribution in [0.15, 0.2) is 52.1 Å². The first-order chi connectivity index (χ1) is 14.4. The van der Waals surface area contributed by atoms with E-state index in [-0.39, 0.29) is 18.5 Å². The fourth-order valence-corrected chi connectivity index (χ4v) is 3.19. The number of methoxy groups -OCH3 is 2. The summed E-state index contributed by atoms with van der Waals surface area (Å²) in [7, 11) is 2.97. The smallest absolute Gasteiger partial charge is 0.336 e. The van der Waals surface area contributed by atoms with Crippen LogP contribution in [-0.4, -0.2) is 35.3 Å². The Labute approximate surface area is 173 Å². The Balaban J connectivity index is 2.26. The Morgan fingerprint density at radius 1 is 1.07 bits per heavy atom. The van der Waals surface area contributed by atoms with E-state index in [1.165, 1.54) is 18.8 Å². The molecule has 158 valence electrons. The molecule has 1 heterocycles. The molecule has 1 atom stereocenters. The normalized spacial score (nSPS) is 11.9. The minimum Gasteiger partial charge on any atom is -0.497 e. The minimum absolute atomic E-state index is 0.0204. The number of amides is 1. The lowest BCUT2D eigenvalue weighted by molar-refractivity contribution is -0.122. The molecule has 0 aliphatic rings. The number of fused-ring (bicyclic) bond motifs is 1. The average Bonchev–Trinajstić information content (AvgIpc) is 2.76. The van der Waals surface area contributed by atoms with Crippen LogP contribution in [0, 0.1) is 0 Å². The van der Waals surface area contributed by atoms with Gasteiger partial charge in [-0.3, -0.25) is 14.2 Å². The second-order valence-corrected chi connectivity index (χ2v) is 6.97. The van der Waals surface area contributed by atoms with E-state index in [4.69, 9.17) is 9.47 Å². The van der Waals surface area contributed by atoms with Crippen LogP contribution in [0.5, 0.6) is 11.5 Å². The summed E-state index contributed by atoms with van der Waals surface area (Å²) in [5.74, 6) is 0.569. The summed E-state index contributed by atoms with van der Waals surface area (Å²) in [4.78, 5) is 39.1. The standard InChI is InChI=1S/C22H25N3O5/c1-5-14(2)23-20(26)13-24-19-9-7-6-8-18(19)21(27)25(22(24)28)15-10-16(29-3)12-17(11-15)30-4/h6-12,14H,5,13H2,1-4H3,(H,23,26)/t14-/m0/s1. The van der Waals surface area contributed by atoms with Crippen LogP contribution >= 0.6 is 0 Å². The molecule has 1 N–H and O–H groups in total. The quantitative estimate of drug-likeness (QED) is 0.643. The van der Waals surface area contributed by atoms with Gasteiger partial charge in [-0.25, -0.2) is 9.36 Å². The molecule has 0 saturated carbocycles. The van der Waals surface area contributed by atoms with Gasteiger partial charge in [0.1, 0.15) is 18.0 Å². The molecule has 0 fully saturated rings. The van der Waals surface area contributed by atoms with Crippen molar-refractivity contribution in [2.45, 2.75) is 32.9 Å². The number of aromatic nitrogens is 2. The summed E-state index contributed by atoms with van der Waals surface area (Å²) < 4.78 is 12.9. The van der Waals surface area contributed by atoms with Crippen molar-refractivity contribution in [2.75, 3.05) is 14.2 Å². The van der Waals surface area contributed by atoms with E-state index >= 15 is 0 Å². The van der Waals surface area contributed by atoms with Crippen LogP contribution in [0.4, 0.5) is 0 Å². The first-order valence-electron chi connectivity index (χ1n) is 9.67. The SMILES string of the molecule is CC[C@H](C)NC(=O)Cn1c(=O)n(-c2cc(OC)cc(OC)c2)c(=O)c2ccccc21. The molecule has 0 aliphatic carbocycles. The molecule has 1 aromatic heterocycles. The molecule has 1 amide bonds. The number of ether oxygens (including phenoxy) is 2. The Kier molecular flexibility index (Phi) is 6.25. The van der Waals surface area contributed by atoms with Crippen molar-refractivity contribution in [3.63, 3.8) is 0 Å². The number of rotatable bonds is 7. The number of carbonyl (C=O) groups excluding carboxylic acids is 1. The fraction of sp³-hybridized carbons (Fsp3) is 0.318. The Hall–Kier alpha value is -3.55. The zero-order chi connectivity index (χ0) is 21.8. The molecule has 8 heteroatoms. The van der Waals surface area contributed by atoms with E-state index in [9.17, 15) is 14.4 Å². The summed E-state index contributed by atoms with van der Waals surface area (Å²) in [6.45, 7) is 3.65. The van der Waals surface area contributed by atoms with Gasteiger partial charge in [-0.1, -0.05) is 19.1 Å². The number of nitrogens with zero attached hydrogens (tertiary/aromatic N) is 2. The molecule has 0 unspecified atom stereocenters. The van der Waals surface area contributed by atoms with Crippen molar-refractivity contribution in [3.05, 3.63) is 63.3 Å². The Morgan fingerprint density at radius 2 is 1.70 bits per heavy atom. The van der Waals surface area contributed by atoms with Gasteiger partial charge in [-0.05, 0) is 25.5 Å². The predicted molar refractivity (Wildman–Crippen MR) is 115 cm³/mol. The summed E-state index contributed by atoms with van der Waals surface area (Å²) in [5.41, 5.74) is -0.404. The van der Waals surface area contributed by atoms with E-state index in [0.29, 0.717) is 28.1 Å². The van der Waals surface area contributed by atoms with Gasteiger partial charge in [0.25, 0.3) is 5.56 Å². The van der Waals surface area contributed by atoms with Gasteiger partial charge in [-0.2, -0.15) is 0 Å². The van der Waals surface area contributed by atoms with E-state index in [1.54, 1.807) is 42.5 Å². The van der Waals surface area contributed by atoms with E-state index < -0.39 is 11.2 Å². The summed E-state index contributed by atoms with van der Waals surface area (Å²) in [6, 6.07) is 11.5. The van der Waals surface area contributed by atoms with E-state index in [0.717, 1.165) is 11.0 Å². The summed E-state index contributed by atoms with van der Waals surface area (Å²) >= 11 is 0. The minimum atomic E-state index is -0.617. The summed E-state index contributed by atoms with van der Waals surface area (Å²) in [5, 5.41) is 3.18. The van der Waals surface area contributed by atoms with Crippen molar-refractivity contribution in [3.8, 4) is 17.2 Å². The number of benzene rings is 2. The number of hydrogen-bond acceptors (Lipinski definition) is 5. The third-order valence-electron chi connectivity index (χ3n) is 4.97.